The Morgan fingerprint density at radius 3 is 2.48 bits per heavy atom. The summed E-state index contributed by atoms with van der Waals surface area (Å²) in [7, 11) is 0. The number of halogens is 2. The second kappa shape index (κ2) is 9.45. The molecule has 1 aromatic heterocycles. The summed E-state index contributed by atoms with van der Waals surface area (Å²) < 4.78 is 15.7. The van der Waals surface area contributed by atoms with Gasteiger partial charge in [-0.05, 0) is 54.1 Å². The third kappa shape index (κ3) is 5.21. The molecule has 0 aliphatic heterocycles. The third-order valence-corrected chi connectivity index (χ3v) is 6.05. The summed E-state index contributed by atoms with van der Waals surface area (Å²) in [6, 6.07) is 20.3. The van der Waals surface area contributed by atoms with Crippen molar-refractivity contribution in [2.24, 2.45) is 0 Å². The highest BCUT2D eigenvalue weighted by atomic mass is 79.9. The number of anilines is 1. The molecule has 0 spiro atoms. The number of nitrogens with zero attached hydrogens (tertiary/aromatic N) is 2. The second-order valence-corrected chi connectivity index (χ2v) is 8.63. The Labute approximate surface area is 190 Å². The van der Waals surface area contributed by atoms with Gasteiger partial charge >= 0.3 is 0 Å². The first-order valence-electron chi connectivity index (χ1n) is 9.42. The number of hydrogen-bond acceptors (Lipinski definition) is 4. The number of carbonyl (C=O) groups is 1. The number of benzene rings is 3. The van der Waals surface area contributed by atoms with Gasteiger partial charge in [0.05, 0.1) is 23.2 Å². The van der Waals surface area contributed by atoms with Crippen LogP contribution in [-0.4, -0.2) is 21.2 Å². The zero-order chi connectivity index (χ0) is 21.8. The Balaban J connectivity index is 1.60. The van der Waals surface area contributed by atoms with Crippen molar-refractivity contribution in [3.05, 3.63) is 99.0 Å². The van der Waals surface area contributed by atoms with Crippen LogP contribution < -0.4 is 10.9 Å². The van der Waals surface area contributed by atoms with Gasteiger partial charge in [-0.25, -0.2) is 9.37 Å². The number of thioether (sulfide) groups is 1. The Morgan fingerprint density at radius 1 is 1.03 bits per heavy atom. The summed E-state index contributed by atoms with van der Waals surface area (Å²) >= 11 is 4.55. The Bertz CT molecular complexity index is 1290. The monoisotopic (exact) mass is 497 g/mol. The molecule has 0 unspecified atom stereocenters. The van der Waals surface area contributed by atoms with Crippen molar-refractivity contribution in [2.75, 3.05) is 11.1 Å². The SMILES string of the molecule is O=C(CSc1nc2ccccc2c(=O)n1Cc1ccc(F)cc1)Nc1ccc(Br)cc1. The van der Waals surface area contributed by atoms with Crippen molar-refractivity contribution in [3.63, 3.8) is 0 Å². The van der Waals surface area contributed by atoms with Gasteiger partial charge in [0.25, 0.3) is 5.56 Å². The van der Waals surface area contributed by atoms with E-state index in [0.717, 1.165) is 10.0 Å². The minimum absolute atomic E-state index is 0.0876. The fraction of sp³-hybridized carbons (Fsp3) is 0.0870. The third-order valence-electron chi connectivity index (χ3n) is 4.54. The maximum absolute atomic E-state index is 13.3. The lowest BCUT2D eigenvalue weighted by Crippen LogP contribution is -2.25. The highest BCUT2D eigenvalue weighted by Gasteiger charge is 2.14. The van der Waals surface area contributed by atoms with E-state index in [4.69, 9.17) is 0 Å². The smallest absolute Gasteiger partial charge is 0.262 e. The molecule has 0 saturated heterocycles. The summed E-state index contributed by atoms with van der Waals surface area (Å²) in [5.74, 6) is -0.459. The normalized spacial score (nSPS) is 10.9. The highest BCUT2D eigenvalue weighted by Crippen LogP contribution is 2.20. The lowest BCUT2D eigenvalue weighted by molar-refractivity contribution is -0.113. The molecule has 31 heavy (non-hydrogen) atoms. The van der Waals surface area contributed by atoms with Crippen LogP contribution in [0.15, 0.2) is 87.2 Å². The maximum atomic E-state index is 13.3. The molecule has 0 saturated carbocycles. The summed E-state index contributed by atoms with van der Waals surface area (Å²) in [6.07, 6.45) is 0. The zero-order valence-electron chi connectivity index (χ0n) is 16.2. The first-order chi connectivity index (χ1) is 15.0. The van der Waals surface area contributed by atoms with E-state index in [-0.39, 0.29) is 29.6 Å². The van der Waals surface area contributed by atoms with E-state index in [1.54, 1.807) is 42.5 Å². The topological polar surface area (TPSA) is 64.0 Å². The van der Waals surface area contributed by atoms with E-state index in [9.17, 15) is 14.0 Å². The molecule has 0 atom stereocenters. The number of amides is 1. The molecule has 8 heteroatoms. The molecule has 0 fully saturated rings. The molecular formula is C23H17BrFN3O2S. The van der Waals surface area contributed by atoms with Crippen molar-refractivity contribution in [1.29, 1.82) is 0 Å². The molecule has 1 N–H and O–H groups in total. The largest absolute Gasteiger partial charge is 0.325 e. The van der Waals surface area contributed by atoms with Crippen LogP contribution in [0.4, 0.5) is 10.1 Å². The van der Waals surface area contributed by atoms with E-state index in [1.807, 2.05) is 18.2 Å². The van der Waals surface area contributed by atoms with Crippen LogP contribution in [0.1, 0.15) is 5.56 Å². The van der Waals surface area contributed by atoms with E-state index in [2.05, 4.69) is 26.2 Å². The van der Waals surface area contributed by atoms with Crippen LogP contribution in [0, 0.1) is 5.82 Å². The number of fused-ring (bicyclic) bond motifs is 1. The van der Waals surface area contributed by atoms with Crippen LogP contribution in [0.25, 0.3) is 10.9 Å². The Kier molecular flexibility index (Phi) is 6.48. The van der Waals surface area contributed by atoms with Gasteiger partial charge in [0.1, 0.15) is 5.82 Å². The first kappa shape index (κ1) is 21.3. The molecule has 0 radical (unpaired) electrons. The number of nitrogens with one attached hydrogen (secondary N) is 1. The van der Waals surface area contributed by atoms with Crippen LogP contribution >= 0.6 is 27.7 Å². The first-order valence-corrected chi connectivity index (χ1v) is 11.2. The van der Waals surface area contributed by atoms with E-state index < -0.39 is 0 Å². The molecule has 3 aromatic carbocycles. The fourth-order valence-electron chi connectivity index (χ4n) is 3.03. The lowest BCUT2D eigenvalue weighted by atomic mass is 10.2. The predicted octanol–water partition coefficient (Wildman–Crippen LogP) is 5.08. The fourth-order valence-corrected chi connectivity index (χ4v) is 4.09. The molecule has 0 aliphatic rings. The average Bonchev–Trinajstić information content (AvgIpc) is 2.77. The Morgan fingerprint density at radius 2 is 1.74 bits per heavy atom. The summed E-state index contributed by atoms with van der Waals surface area (Å²) in [6.45, 7) is 0.230. The van der Waals surface area contributed by atoms with Gasteiger partial charge in [-0.2, -0.15) is 0 Å². The van der Waals surface area contributed by atoms with Crippen molar-refractivity contribution in [1.82, 2.24) is 9.55 Å². The lowest BCUT2D eigenvalue weighted by Gasteiger charge is -2.13. The van der Waals surface area contributed by atoms with Crippen molar-refractivity contribution in [3.8, 4) is 0 Å². The van der Waals surface area contributed by atoms with E-state index in [1.165, 1.54) is 28.5 Å². The van der Waals surface area contributed by atoms with Gasteiger partial charge in [-0.1, -0.05) is 52.0 Å². The van der Waals surface area contributed by atoms with Gasteiger partial charge in [-0.15, -0.1) is 0 Å². The van der Waals surface area contributed by atoms with Gasteiger partial charge < -0.3 is 5.32 Å². The van der Waals surface area contributed by atoms with Gasteiger partial charge in [0.2, 0.25) is 5.91 Å². The number of hydrogen-bond donors (Lipinski definition) is 1. The highest BCUT2D eigenvalue weighted by molar-refractivity contribution is 9.10. The van der Waals surface area contributed by atoms with Crippen molar-refractivity contribution in [2.45, 2.75) is 11.7 Å². The standard InChI is InChI=1S/C23H17BrFN3O2S/c24-16-7-11-18(12-8-16)26-21(29)14-31-23-27-20-4-2-1-3-19(20)22(30)28(23)13-15-5-9-17(25)10-6-15/h1-12H,13-14H2,(H,26,29). The van der Waals surface area contributed by atoms with Crippen molar-refractivity contribution < 1.29 is 9.18 Å². The molecule has 0 aliphatic carbocycles. The number of aromatic nitrogens is 2. The maximum Gasteiger partial charge on any atom is 0.262 e. The predicted molar refractivity (Wildman–Crippen MR) is 125 cm³/mol. The van der Waals surface area contributed by atoms with Crippen molar-refractivity contribution >= 4 is 50.2 Å². The van der Waals surface area contributed by atoms with Gasteiger partial charge in [0, 0.05) is 10.2 Å². The van der Waals surface area contributed by atoms with Crippen LogP contribution in [0.2, 0.25) is 0 Å². The van der Waals surface area contributed by atoms with Gasteiger partial charge in [0.15, 0.2) is 5.16 Å². The molecule has 1 heterocycles. The molecule has 156 valence electrons. The minimum atomic E-state index is -0.341. The molecule has 1 amide bonds. The van der Waals surface area contributed by atoms with Crippen LogP contribution in [0.3, 0.4) is 0 Å². The minimum Gasteiger partial charge on any atom is -0.325 e. The number of carbonyl (C=O) groups excluding carboxylic acids is 1. The van der Waals surface area contributed by atoms with E-state index >= 15 is 0 Å². The quantitative estimate of drug-likeness (QED) is 0.298. The average molecular weight is 498 g/mol. The second-order valence-electron chi connectivity index (χ2n) is 6.77. The summed E-state index contributed by atoms with van der Waals surface area (Å²) in [4.78, 5) is 30.2. The number of rotatable bonds is 6. The number of para-hydroxylation sites is 1. The molecule has 4 rings (SSSR count). The van der Waals surface area contributed by atoms with Gasteiger partial charge in [-0.3, -0.25) is 14.2 Å². The zero-order valence-corrected chi connectivity index (χ0v) is 18.6. The molecule has 0 bridgehead atoms. The van der Waals surface area contributed by atoms with E-state index in [0.29, 0.717) is 21.7 Å². The molecule has 5 nitrogen and oxygen atoms in total. The van der Waals surface area contributed by atoms with Crippen LogP contribution in [0.5, 0.6) is 0 Å². The molecular weight excluding hydrogens is 481 g/mol. The Hall–Kier alpha value is -2.97. The summed E-state index contributed by atoms with van der Waals surface area (Å²) in [5.41, 5.74) is 1.81. The molecule has 4 aromatic rings. The van der Waals surface area contributed by atoms with Crippen LogP contribution in [-0.2, 0) is 11.3 Å². The summed E-state index contributed by atoms with van der Waals surface area (Å²) in [5, 5.41) is 3.75.